The Morgan fingerprint density at radius 1 is 1.43 bits per heavy atom. The van der Waals surface area contributed by atoms with Gasteiger partial charge < -0.3 is 15.0 Å². The summed E-state index contributed by atoms with van der Waals surface area (Å²) in [7, 11) is 0. The van der Waals surface area contributed by atoms with Gasteiger partial charge in [-0.25, -0.2) is 0 Å². The van der Waals surface area contributed by atoms with Crippen LogP contribution in [0.15, 0.2) is 11.4 Å². The van der Waals surface area contributed by atoms with Crippen LogP contribution in [0.3, 0.4) is 0 Å². The summed E-state index contributed by atoms with van der Waals surface area (Å²) in [6, 6.07) is 2.53. The number of hydrogen-bond acceptors (Lipinski definition) is 4. The summed E-state index contributed by atoms with van der Waals surface area (Å²) in [6.45, 7) is 2.94. The maximum Gasteiger partial charge on any atom is 0.236 e. The van der Waals surface area contributed by atoms with E-state index in [-0.39, 0.29) is 5.91 Å². The highest BCUT2D eigenvalue weighted by Gasteiger charge is 2.40. The molecular formula is C16H22N2O2S. The second kappa shape index (κ2) is 5.71. The summed E-state index contributed by atoms with van der Waals surface area (Å²) in [5.74, 6) is 0.969. The molecule has 2 unspecified atom stereocenters. The molecule has 1 aromatic rings. The zero-order valence-corrected chi connectivity index (χ0v) is 13.0. The summed E-state index contributed by atoms with van der Waals surface area (Å²) in [5, 5.41) is 5.59. The average Bonchev–Trinajstić information content (AvgIpc) is 3.06. The van der Waals surface area contributed by atoms with E-state index in [1.54, 1.807) is 0 Å². The molecule has 1 N–H and O–H groups in total. The Hall–Kier alpha value is -0.910. The normalized spacial score (nSPS) is 28.7. The minimum atomic E-state index is 0.230. The first kappa shape index (κ1) is 13.7. The summed E-state index contributed by atoms with van der Waals surface area (Å²) in [4.78, 5) is 15.8. The Labute approximate surface area is 129 Å². The molecule has 5 heteroatoms. The lowest BCUT2D eigenvalue weighted by Gasteiger charge is -2.28. The molecule has 114 valence electrons. The van der Waals surface area contributed by atoms with E-state index in [2.05, 4.69) is 16.8 Å². The molecule has 3 heterocycles. The number of carbonyl (C=O) groups excluding carboxylic acids is 1. The lowest BCUT2D eigenvalue weighted by atomic mass is 10.1. The van der Waals surface area contributed by atoms with Crippen molar-refractivity contribution in [2.24, 2.45) is 5.92 Å². The van der Waals surface area contributed by atoms with Crippen LogP contribution < -0.4 is 5.32 Å². The van der Waals surface area contributed by atoms with Gasteiger partial charge in [0.1, 0.15) is 0 Å². The van der Waals surface area contributed by atoms with Crippen LogP contribution in [-0.2, 0) is 22.5 Å². The highest BCUT2D eigenvalue weighted by Crippen LogP contribution is 2.38. The van der Waals surface area contributed by atoms with Crippen LogP contribution in [0.1, 0.15) is 29.7 Å². The molecule has 2 aliphatic heterocycles. The molecule has 0 bridgehead atoms. The highest BCUT2D eigenvalue weighted by atomic mass is 32.1. The number of hydrogen-bond donors (Lipinski definition) is 1. The van der Waals surface area contributed by atoms with Crippen molar-refractivity contribution in [1.82, 2.24) is 10.2 Å². The SMILES string of the molecule is O=C(CNC1CCOC1C1CC1)N1CCc2sccc2C1. The van der Waals surface area contributed by atoms with Crippen LogP contribution in [0, 0.1) is 5.92 Å². The van der Waals surface area contributed by atoms with Gasteiger partial charge in [0, 0.05) is 30.6 Å². The number of nitrogens with zero attached hydrogens (tertiary/aromatic N) is 1. The predicted octanol–water partition coefficient (Wildman–Crippen LogP) is 1.79. The Bertz CT molecular complexity index is 526. The van der Waals surface area contributed by atoms with Crippen LogP contribution in [0.5, 0.6) is 0 Å². The van der Waals surface area contributed by atoms with Gasteiger partial charge in [0.05, 0.1) is 12.6 Å². The van der Waals surface area contributed by atoms with Crippen molar-refractivity contribution in [1.29, 1.82) is 0 Å². The lowest BCUT2D eigenvalue weighted by Crippen LogP contribution is -2.46. The van der Waals surface area contributed by atoms with Crippen molar-refractivity contribution in [2.75, 3.05) is 19.7 Å². The molecule has 1 aromatic heterocycles. The van der Waals surface area contributed by atoms with Crippen molar-refractivity contribution in [3.8, 4) is 0 Å². The number of amides is 1. The third-order valence-electron chi connectivity index (χ3n) is 4.90. The largest absolute Gasteiger partial charge is 0.376 e. The summed E-state index contributed by atoms with van der Waals surface area (Å²) >= 11 is 1.81. The van der Waals surface area contributed by atoms with Gasteiger partial charge in [-0.2, -0.15) is 0 Å². The van der Waals surface area contributed by atoms with Crippen molar-refractivity contribution in [3.63, 3.8) is 0 Å². The monoisotopic (exact) mass is 306 g/mol. The smallest absolute Gasteiger partial charge is 0.236 e. The van der Waals surface area contributed by atoms with Gasteiger partial charge in [-0.15, -0.1) is 11.3 Å². The van der Waals surface area contributed by atoms with E-state index in [1.165, 1.54) is 23.3 Å². The topological polar surface area (TPSA) is 41.6 Å². The van der Waals surface area contributed by atoms with Gasteiger partial charge in [-0.1, -0.05) is 0 Å². The summed E-state index contributed by atoms with van der Waals surface area (Å²) in [6.07, 6.45) is 5.00. The van der Waals surface area contributed by atoms with Crippen LogP contribution in [0.25, 0.3) is 0 Å². The fraction of sp³-hybridized carbons (Fsp3) is 0.688. The van der Waals surface area contributed by atoms with Gasteiger partial charge in [0.25, 0.3) is 0 Å². The minimum Gasteiger partial charge on any atom is -0.376 e. The lowest BCUT2D eigenvalue weighted by molar-refractivity contribution is -0.131. The molecule has 1 amide bonds. The number of rotatable bonds is 4. The molecule has 1 saturated carbocycles. The number of nitrogens with one attached hydrogen (secondary N) is 1. The zero-order chi connectivity index (χ0) is 14.2. The molecule has 1 saturated heterocycles. The van der Waals surface area contributed by atoms with Crippen molar-refractivity contribution in [2.45, 2.75) is 44.4 Å². The molecule has 4 nitrogen and oxygen atoms in total. The van der Waals surface area contributed by atoms with Crippen molar-refractivity contribution < 1.29 is 9.53 Å². The number of carbonyl (C=O) groups is 1. The molecule has 2 fully saturated rings. The van der Waals surface area contributed by atoms with E-state index in [0.29, 0.717) is 18.7 Å². The number of ether oxygens (including phenoxy) is 1. The average molecular weight is 306 g/mol. The van der Waals surface area contributed by atoms with Crippen molar-refractivity contribution >= 4 is 17.2 Å². The third-order valence-corrected chi connectivity index (χ3v) is 5.92. The van der Waals surface area contributed by atoms with Gasteiger partial charge in [-0.3, -0.25) is 4.79 Å². The molecule has 2 atom stereocenters. The van der Waals surface area contributed by atoms with E-state index >= 15 is 0 Å². The van der Waals surface area contributed by atoms with Crippen LogP contribution in [-0.4, -0.2) is 42.6 Å². The van der Waals surface area contributed by atoms with Gasteiger partial charge in [0.15, 0.2) is 0 Å². The fourth-order valence-electron chi connectivity index (χ4n) is 3.51. The standard InChI is InChI=1S/C16H22N2O2S/c19-15(18-6-3-14-12(10-18)5-8-21-14)9-17-13-4-7-20-16(13)11-1-2-11/h5,8,11,13,16-17H,1-4,6-7,9-10H2. The molecule has 0 spiro atoms. The Morgan fingerprint density at radius 3 is 3.19 bits per heavy atom. The molecule has 1 aliphatic carbocycles. The first-order chi connectivity index (χ1) is 10.3. The molecule has 0 radical (unpaired) electrons. The van der Waals surface area contributed by atoms with Gasteiger partial charge in [-0.05, 0) is 48.6 Å². The van der Waals surface area contributed by atoms with Gasteiger partial charge in [0.2, 0.25) is 5.91 Å². The van der Waals surface area contributed by atoms with Gasteiger partial charge >= 0.3 is 0 Å². The minimum absolute atomic E-state index is 0.230. The summed E-state index contributed by atoms with van der Waals surface area (Å²) in [5.41, 5.74) is 1.33. The first-order valence-electron chi connectivity index (χ1n) is 7.99. The van der Waals surface area contributed by atoms with Crippen LogP contribution in [0.4, 0.5) is 0 Å². The maximum absolute atomic E-state index is 12.4. The van der Waals surface area contributed by atoms with E-state index in [9.17, 15) is 4.79 Å². The highest BCUT2D eigenvalue weighted by molar-refractivity contribution is 7.10. The second-order valence-electron chi connectivity index (χ2n) is 6.38. The van der Waals surface area contributed by atoms with E-state index in [1.807, 2.05) is 16.2 Å². The summed E-state index contributed by atoms with van der Waals surface area (Å²) < 4.78 is 5.82. The third kappa shape index (κ3) is 2.87. The van der Waals surface area contributed by atoms with Crippen LogP contribution in [0.2, 0.25) is 0 Å². The second-order valence-corrected chi connectivity index (χ2v) is 7.38. The molecule has 21 heavy (non-hydrogen) atoms. The zero-order valence-electron chi connectivity index (χ0n) is 12.2. The molecule has 0 aromatic carbocycles. The maximum atomic E-state index is 12.4. The fourth-order valence-corrected chi connectivity index (χ4v) is 4.40. The Balaban J connectivity index is 1.30. The quantitative estimate of drug-likeness (QED) is 0.922. The predicted molar refractivity (Wildman–Crippen MR) is 82.3 cm³/mol. The first-order valence-corrected chi connectivity index (χ1v) is 8.87. The van der Waals surface area contributed by atoms with Crippen molar-refractivity contribution in [3.05, 3.63) is 21.9 Å². The molecular weight excluding hydrogens is 284 g/mol. The van der Waals surface area contributed by atoms with Crippen LogP contribution >= 0.6 is 11.3 Å². The Morgan fingerprint density at radius 2 is 2.33 bits per heavy atom. The van der Waals surface area contributed by atoms with E-state index in [4.69, 9.17) is 4.74 Å². The molecule has 3 aliphatic rings. The number of thiophene rings is 1. The molecule has 4 rings (SSSR count). The Kier molecular flexibility index (Phi) is 3.73. The number of fused-ring (bicyclic) bond motifs is 1. The van der Waals surface area contributed by atoms with E-state index < -0.39 is 0 Å². The van der Waals surface area contributed by atoms with E-state index in [0.717, 1.165) is 38.5 Å².